The van der Waals surface area contributed by atoms with E-state index in [1.54, 1.807) is 0 Å². The molecule has 0 spiro atoms. The van der Waals surface area contributed by atoms with Crippen LogP contribution in [0.2, 0.25) is 0 Å². The third-order valence-electron chi connectivity index (χ3n) is 8.29. The SMILES string of the molecule is C=C(Cc1cccc(-c2cc(CCc3ccccc3)c3c(-c4ccccc4)cccc3c2)c1)C1CCCC1. The summed E-state index contributed by atoms with van der Waals surface area (Å²) in [6.07, 6.45) is 8.38. The maximum Gasteiger partial charge on any atom is -0.00668 e. The van der Waals surface area contributed by atoms with Gasteiger partial charge in [0.15, 0.2) is 0 Å². The Morgan fingerprint density at radius 2 is 1.29 bits per heavy atom. The Morgan fingerprint density at radius 3 is 2.08 bits per heavy atom. The minimum atomic E-state index is 0.709. The summed E-state index contributed by atoms with van der Waals surface area (Å²) in [5, 5.41) is 2.69. The van der Waals surface area contributed by atoms with Crippen molar-refractivity contribution in [1.82, 2.24) is 0 Å². The lowest BCUT2D eigenvalue weighted by Gasteiger charge is -2.16. The van der Waals surface area contributed by atoms with Crippen molar-refractivity contribution >= 4 is 10.8 Å². The molecule has 1 aliphatic rings. The third-order valence-corrected chi connectivity index (χ3v) is 8.29. The van der Waals surface area contributed by atoms with Crippen molar-refractivity contribution in [2.75, 3.05) is 0 Å². The second-order valence-electron chi connectivity index (χ2n) is 10.9. The molecule has 1 aliphatic carbocycles. The molecule has 0 nitrogen and oxygen atoms in total. The molecule has 0 aromatic heterocycles. The molecular formula is C38H36. The summed E-state index contributed by atoms with van der Waals surface area (Å²) < 4.78 is 0. The lowest BCUT2D eigenvalue weighted by molar-refractivity contribution is 0.628. The van der Waals surface area contributed by atoms with Crippen molar-refractivity contribution in [1.29, 1.82) is 0 Å². The number of hydrogen-bond donors (Lipinski definition) is 0. The van der Waals surface area contributed by atoms with Gasteiger partial charge in [0.1, 0.15) is 0 Å². The summed E-state index contributed by atoms with van der Waals surface area (Å²) in [7, 11) is 0. The van der Waals surface area contributed by atoms with Gasteiger partial charge in [-0.2, -0.15) is 0 Å². The summed E-state index contributed by atoms with van der Waals surface area (Å²) in [4.78, 5) is 0. The van der Waals surface area contributed by atoms with Crippen LogP contribution in [-0.4, -0.2) is 0 Å². The van der Waals surface area contributed by atoms with Gasteiger partial charge in [-0.15, -0.1) is 0 Å². The van der Waals surface area contributed by atoms with Crippen molar-refractivity contribution in [2.24, 2.45) is 5.92 Å². The first-order valence-electron chi connectivity index (χ1n) is 14.2. The lowest BCUT2D eigenvalue weighted by Crippen LogP contribution is -2.01. The molecular weight excluding hydrogens is 456 g/mol. The number of rotatable bonds is 8. The van der Waals surface area contributed by atoms with Gasteiger partial charge >= 0.3 is 0 Å². The van der Waals surface area contributed by atoms with Crippen LogP contribution in [0.4, 0.5) is 0 Å². The third kappa shape index (κ3) is 5.36. The fourth-order valence-electron chi connectivity index (χ4n) is 6.27. The van der Waals surface area contributed by atoms with Gasteiger partial charge in [0, 0.05) is 0 Å². The van der Waals surface area contributed by atoms with E-state index in [0.29, 0.717) is 5.92 Å². The van der Waals surface area contributed by atoms with E-state index in [4.69, 9.17) is 0 Å². The van der Waals surface area contributed by atoms with E-state index in [0.717, 1.165) is 19.3 Å². The predicted octanol–water partition coefficient (Wildman–Crippen LogP) is 10.2. The van der Waals surface area contributed by atoms with E-state index in [9.17, 15) is 0 Å². The zero-order chi connectivity index (χ0) is 25.7. The van der Waals surface area contributed by atoms with Crippen LogP contribution >= 0.6 is 0 Å². The van der Waals surface area contributed by atoms with Crippen LogP contribution < -0.4 is 0 Å². The standard InChI is InChI=1S/C38H36/c1-28(31-15-8-9-16-31)24-30-14-10-19-33(25-30)36-26-34-20-11-21-37(32-17-6-3-7-18-32)38(34)35(27-36)23-22-29-12-4-2-5-13-29/h2-7,10-14,17-21,25-27,31H,1,8-9,15-16,22-24H2. The number of aryl methyl sites for hydroxylation is 2. The molecule has 0 atom stereocenters. The first kappa shape index (κ1) is 24.4. The second kappa shape index (κ2) is 11.2. The molecule has 0 aliphatic heterocycles. The maximum absolute atomic E-state index is 4.48. The van der Waals surface area contributed by atoms with E-state index in [1.807, 2.05) is 0 Å². The lowest BCUT2D eigenvalue weighted by atomic mass is 9.88. The molecule has 0 heterocycles. The molecule has 5 aromatic rings. The average molecular weight is 493 g/mol. The first-order valence-corrected chi connectivity index (χ1v) is 14.2. The van der Waals surface area contributed by atoms with Crippen molar-refractivity contribution in [3.05, 3.63) is 144 Å². The van der Waals surface area contributed by atoms with Crippen LogP contribution in [0.5, 0.6) is 0 Å². The fraction of sp³-hybridized carbons (Fsp3) is 0.211. The Kier molecular flexibility index (Phi) is 7.22. The number of benzene rings is 5. The van der Waals surface area contributed by atoms with Gasteiger partial charge in [-0.3, -0.25) is 0 Å². The molecule has 5 aromatic carbocycles. The normalized spacial score (nSPS) is 13.7. The molecule has 6 rings (SSSR count). The topological polar surface area (TPSA) is 0 Å². The molecule has 0 saturated heterocycles. The van der Waals surface area contributed by atoms with Crippen LogP contribution in [0, 0.1) is 5.92 Å². The Balaban J connectivity index is 1.40. The highest BCUT2D eigenvalue weighted by atomic mass is 14.2. The van der Waals surface area contributed by atoms with Crippen LogP contribution in [0.15, 0.2) is 127 Å². The van der Waals surface area contributed by atoms with E-state index >= 15 is 0 Å². The second-order valence-corrected chi connectivity index (χ2v) is 10.9. The maximum atomic E-state index is 4.48. The van der Waals surface area contributed by atoms with Gasteiger partial charge in [0.2, 0.25) is 0 Å². The molecule has 0 amide bonds. The Bertz CT molecular complexity index is 1540. The average Bonchev–Trinajstić information content (AvgIpc) is 3.52. The molecule has 0 N–H and O–H groups in total. The van der Waals surface area contributed by atoms with Crippen LogP contribution in [0.1, 0.15) is 42.4 Å². The molecule has 0 radical (unpaired) electrons. The van der Waals surface area contributed by atoms with Gasteiger partial charge in [-0.25, -0.2) is 0 Å². The molecule has 0 heteroatoms. The van der Waals surface area contributed by atoms with Gasteiger partial charge < -0.3 is 0 Å². The van der Waals surface area contributed by atoms with Crippen LogP contribution in [0.25, 0.3) is 33.0 Å². The monoisotopic (exact) mass is 492 g/mol. The highest BCUT2D eigenvalue weighted by molar-refractivity contribution is 6.01. The highest BCUT2D eigenvalue weighted by Gasteiger charge is 2.18. The largest absolute Gasteiger partial charge is 0.0992 e. The summed E-state index contributed by atoms with van der Waals surface area (Å²) in [5.41, 5.74) is 10.8. The van der Waals surface area contributed by atoms with E-state index in [1.165, 1.54) is 81.0 Å². The molecule has 0 bridgehead atoms. The minimum Gasteiger partial charge on any atom is -0.0992 e. The first-order chi connectivity index (χ1) is 18.7. The summed E-state index contributed by atoms with van der Waals surface area (Å²) in [5.74, 6) is 0.709. The van der Waals surface area contributed by atoms with Crippen molar-refractivity contribution in [3.8, 4) is 22.3 Å². The highest BCUT2D eigenvalue weighted by Crippen LogP contribution is 2.36. The van der Waals surface area contributed by atoms with Crippen molar-refractivity contribution < 1.29 is 0 Å². The van der Waals surface area contributed by atoms with Gasteiger partial charge in [0.25, 0.3) is 0 Å². The van der Waals surface area contributed by atoms with Gasteiger partial charge in [-0.05, 0) is 93.8 Å². The van der Waals surface area contributed by atoms with Crippen molar-refractivity contribution in [3.63, 3.8) is 0 Å². The zero-order valence-electron chi connectivity index (χ0n) is 22.2. The smallest absolute Gasteiger partial charge is 0.00668 e. The van der Waals surface area contributed by atoms with Crippen LogP contribution in [-0.2, 0) is 19.3 Å². The minimum absolute atomic E-state index is 0.709. The van der Waals surface area contributed by atoms with Crippen molar-refractivity contribution in [2.45, 2.75) is 44.9 Å². The summed E-state index contributed by atoms with van der Waals surface area (Å²) in [6, 6.07) is 42.4. The molecule has 1 saturated carbocycles. The number of fused-ring (bicyclic) bond motifs is 1. The molecule has 1 fully saturated rings. The quantitative estimate of drug-likeness (QED) is 0.189. The predicted molar refractivity (Wildman–Crippen MR) is 163 cm³/mol. The Hall–Kier alpha value is -3.90. The van der Waals surface area contributed by atoms with Gasteiger partial charge in [-0.1, -0.05) is 134 Å². The number of hydrogen-bond acceptors (Lipinski definition) is 0. The zero-order valence-corrected chi connectivity index (χ0v) is 22.2. The molecule has 0 unspecified atom stereocenters. The van der Waals surface area contributed by atoms with Gasteiger partial charge in [0.05, 0.1) is 0 Å². The molecule has 188 valence electrons. The Labute approximate surface area is 227 Å². The summed E-state index contributed by atoms with van der Waals surface area (Å²) in [6.45, 7) is 4.48. The Morgan fingerprint density at radius 1 is 0.605 bits per heavy atom. The van der Waals surface area contributed by atoms with Crippen LogP contribution in [0.3, 0.4) is 0 Å². The van der Waals surface area contributed by atoms with E-state index in [-0.39, 0.29) is 0 Å². The fourth-order valence-corrected chi connectivity index (χ4v) is 6.27. The van der Waals surface area contributed by atoms with E-state index in [2.05, 4.69) is 122 Å². The number of allylic oxidation sites excluding steroid dienone is 1. The molecule has 38 heavy (non-hydrogen) atoms. The summed E-state index contributed by atoms with van der Waals surface area (Å²) >= 11 is 0. The van der Waals surface area contributed by atoms with E-state index < -0.39 is 0 Å².